The van der Waals surface area contributed by atoms with Crippen LogP contribution in [0.15, 0.2) is 59.5 Å². The van der Waals surface area contributed by atoms with Gasteiger partial charge in [0.1, 0.15) is 12.5 Å². The normalized spacial score (nSPS) is 11.5. The first-order chi connectivity index (χ1) is 10.5. The molecule has 2 aromatic rings. The fourth-order valence-corrected chi connectivity index (χ4v) is 2.80. The van der Waals surface area contributed by atoms with Crippen molar-refractivity contribution in [3.05, 3.63) is 80.7 Å². The summed E-state index contributed by atoms with van der Waals surface area (Å²) in [5.41, 5.74) is 1.48. The van der Waals surface area contributed by atoms with Crippen LogP contribution in [0, 0.1) is 10.1 Å². The molecule has 0 unspecified atom stereocenters. The molecule has 0 aromatic heterocycles. The smallest absolute Gasteiger partial charge is 0.269 e. The molecule has 0 N–H and O–H groups in total. The third-order valence-corrected chi connectivity index (χ3v) is 4.28. The van der Waals surface area contributed by atoms with Gasteiger partial charge in [-0.25, -0.2) is 0 Å². The van der Waals surface area contributed by atoms with Crippen LogP contribution in [0.2, 0.25) is 0 Å². The Morgan fingerprint density at radius 2 is 1.64 bits per heavy atom. The number of nitro benzene ring substituents is 1. The molecule has 0 saturated carbocycles. The molecule has 4 nitrogen and oxygen atoms in total. The predicted molar refractivity (Wildman–Crippen MR) is 91.1 cm³/mol. The van der Waals surface area contributed by atoms with E-state index in [1.54, 1.807) is 24.3 Å². The van der Waals surface area contributed by atoms with E-state index in [4.69, 9.17) is 0 Å². The Bertz CT molecular complexity index is 706. The second-order valence-corrected chi connectivity index (χ2v) is 6.94. The average Bonchev–Trinajstić information content (AvgIpc) is 2.53. The molecular weight excluding hydrogens is 298 g/mol. The molecule has 0 radical (unpaired) electrons. The first kappa shape index (κ1) is 16.0. The van der Waals surface area contributed by atoms with Gasteiger partial charge < -0.3 is 0 Å². The van der Waals surface area contributed by atoms with E-state index in [0.717, 1.165) is 5.56 Å². The van der Waals surface area contributed by atoms with Gasteiger partial charge in [-0.3, -0.25) is 14.9 Å². The predicted octanol–water partition coefficient (Wildman–Crippen LogP) is 3.70. The van der Waals surface area contributed by atoms with Crippen LogP contribution in [0.25, 0.3) is 6.08 Å². The van der Waals surface area contributed by atoms with Crippen molar-refractivity contribution in [1.29, 1.82) is 0 Å². The van der Waals surface area contributed by atoms with Crippen LogP contribution < -0.4 is 0 Å². The molecule has 0 atom stereocenters. The molecule has 0 aliphatic heterocycles. The zero-order valence-electron chi connectivity index (χ0n) is 12.4. The summed E-state index contributed by atoms with van der Waals surface area (Å²) < 4.78 is 0. The fraction of sp³-hybridized carbons (Fsp3) is 0.118. The van der Waals surface area contributed by atoms with Gasteiger partial charge in [-0.1, -0.05) is 30.3 Å². The maximum atomic E-state index is 12.6. The number of non-ortho nitro benzene ring substituents is 1. The lowest BCUT2D eigenvalue weighted by Gasteiger charge is -2.03. The van der Waals surface area contributed by atoms with Gasteiger partial charge >= 0.3 is 0 Å². The SMILES string of the molecule is C[S+](C)/C(=C\c1ccc([N+](=O)[O-])cc1)C(=O)c1ccccc1. The first-order valence-electron chi connectivity index (χ1n) is 6.62. The maximum absolute atomic E-state index is 12.6. The Morgan fingerprint density at radius 1 is 1.05 bits per heavy atom. The van der Waals surface area contributed by atoms with E-state index in [-0.39, 0.29) is 22.4 Å². The number of nitrogens with zero attached hydrogens (tertiary/aromatic N) is 1. The van der Waals surface area contributed by atoms with E-state index in [2.05, 4.69) is 0 Å². The van der Waals surface area contributed by atoms with E-state index in [0.29, 0.717) is 10.5 Å². The first-order valence-corrected chi connectivity index (χ1v) is 8.66. The summed E-state index contributed by atoms with van der Waals surface area (Å²) in [6.45, 7) is 0. The van der Waals surface area contributed by atoms with Gasteiger partial charge in [-0.15, -0.1) is 0 Å². The van der Waals surface area contributed by atoms with Crippen LogP contribution in [0.5, 0.6) is 0 Å². The third kappa shape index (κ3) is 3.83. The number of rotatable bonds is 5. The Balaban J connectivity index is 2.35. The van der Waals surface area contributed by atoms with Crippen molar-refractivity contribution in [2.75, 3.05) is 12.5 Å². The minimum atomic E-state index is -0.437. The molecule has 5 heteroatoms. The van der Waals surface area contributed by atoms with Gasteiger partial charge in [0.2, 0.25) is 10.7 Å². The van der Waals surface area contributed by atoms with Crippen molar-refractivity contribution in [2.45, 2.75) is 0 Å². The maximum Gasteiger partial charge on any atom is 0.269 e. The molecule has 0 aliphatic rings. The van der Waals surface area contributed by atoms with E-state index < -0.39 is 4.92 Å². The number of carbonyl (C=O) groups excluding carboxylic acids is 1. The Labute approximate surface area is 132 Å². The number of ketones is 1. The molecule has 0 spiro atoms. The highest BCUT2D eigenvalue weighted by atomic mass is 32.2. The van der Waals surface area contributed by atoms with Crippen LogP contribution >= 0.6 is 0 Å². The summed E-state index contributed by atoms with van der Waals surface area (Å²) in [6.07, 6.45) is 5.78. The summed E-state index contributed by atoms with van der Waals surface area (Å²) in [5, 5.41) is 10.7. The number of carbonyl (C=O) groups is 1. The van der Waals surface area contributed by atoms with Crippen molar-refractivity contribution < 1.29 is 9.72 Å². The molecule has 0 heterocycles. The Kier molecular flexibility index (Phi) is 5.12. The minimum Gasteiger partial charge on any atom is -0.284 e. The quantitative estimate of drug-likeness (QED) is 0.278. The standard InChI is InChI=1S/C17H16NO3S/c1-22(2)16(17(19)14-6-4-3-5-7-14)12-13-8-10-15(11-9-13)18(20)21/h3-12H,1-2H3/q+1/b16-12-. The van der Waals surface area contributed by atoms with Crippen molar-refractivity contribution in [1.82, 2.24) is 0 Å². The summed E-state index contributed by atoms with van der Waals surface area (Å²) in [6, 6.07) is 15.3. The molecule has 22 heavy (non-hydrogen) atoms. The average molecular weight is 314 g/mol. The number of nitro groups is 1. The second kappa shape index (κ2) is 7.04. The van der Waals surface area contributed by atoms with E-state index in [1.165, 1.54) is 12.1 Å². The minimum absolute atomic E-state index is 0.00714. The number of Topliss-reactive ketones (excluding diaryl/α,β-unsaturated/α-hetero) is 1. The van der Waals surface area contributed by atoms with Crippen molar-refractivity contribution in [3.8, 4) is 0 Å². The summed E-state index contributed by atoms with van der Waals surface area (Å²) >= 11 is 0. The largest absolute Gasteiger partial charge is 0.284 e. The molecule has 0 amide bonds. The third-order valence-electron chi connectivity index (χ3n) is 3.10. The van der Waals surface area contributed by atoms with Crippen LogP contribution in [0.3, 0.4) is 0 Å². The lowest BCUT2D eigenvalue weighted by Crippen LogP contribution is -2.11. The van der Waals surface area contributed by atoms with Crippen molar-refractivity contribution in [3.63, 3.8) is 0 Å². The summed E-state index contributed by atoms with van der Waals surface area (Å²) in [7, 11) is -0.221. The van der Waals surface area contributed by atoms with E-state index in [1.807, 2.05) is 36.8 Å². The van der Waals surface area contributed by atoms with Crippen molar-refractivity contribution >= 4 is 28.4 Å². The zero-order chi connectivity index (χ0) is 16.1. The molecule has 112 valence electrons. The monoisotopic (exact) mass is 314 g/mol. The number of hydrogen-bond donors (Lipinski definition) is 0. The summed E-state index contributed by atoms with van der Waals surface area (Å²) in [5.74, 6) is -0.00714. The van der Waals surface area contributed by atoms with E-state index >= 15 is 0 Å². The van der Waals surface area contributed by atoms with E-state index in [9.17, 15) is 14.9 Å². The van der Waals surface area contributed by atoms with Gasteiger partial charge in [0, 0.05) is 34.7 Å². The Hall–Kier alpha value is -2.40. The van der Waals surface area contributed by atoms with Crippen LogP contribution in [-0.4, -0.2) is 23.2 Å². The van der Waals surface area contributed by atoms with Gasteiger partial charge in [0.05, 0.1) is 4.92 Å². The fourth-order valence-electron chi connectivity index (χ4n) is 1.94. The summed E-state index contributed by atoms with van der Waals surface area (Å²) in [4.78, 5) is 23.5. The molecule has 2 rings (SSSR count). The lowest BCUT2D eigenvalue weighted by atomic mass is 10.1. The number of hydrogen-bond acceptors (Lipinski definition) is 3. The van der Waals surface area contributed by atoms with Crippen LogP contribution in [-0.2, 0) is 10.9 Å². The topological polar surface area (TPSA) is 60.2 Å². The molecular formula is C17H16NO3S+. The van der Waals surface area contributed by atoms with Gasteiger partial charge in [0.25, 0.3) is 5.69 Å². The highest BCUT2D eigenvalue weighted by Gasteiger charge is 2.23. The highest BCUT2D eigenvalue weighted by Crippen LogP contribution is 2.19. The number of allylic oxidation sites excluding steroid dienone is 1. The van der Waals surface area contributed by atoms with Crippen LogP contribution in [0.4, 0.5) is 5.69 Å². The molecule has 0 saturated heterocycles. The van der Waals surface area contributed by atoms with Gasteiger partial charge in [-0.2, -0.15) is 0 Å². The number of benzene rings is 2. The Morgan fingerprint density at radius 3 is 2.14 bits per heavy atom. The molecule has 0 fully saturated rings. The van der Waals surface area contributed by atoms with Gasteiger partial charge in [-0.05, 0) is 17.7 Å². The van der Waals surface area contributed by atoms with Crippen LogP contribution in [0.1, 0.15) is 15.9 Å². The highest BCUT2D eigenvalue weighted by molar-refractivity contribution is 8.00. The van der Waals surface area contributed by atoms with Crippen molar-refractivity contribution in [2.24, 2.45) is 0 Å². The van der Waals surface area contributed by atoms with Gasteiger partial charge in [0.15, 0.2) is 0 Å². The zero-order valence-corrected chi connectivity index (χ0v) is 13.2. The molecule has 2 aromatic carbocycles. The lowest BCUT2D eigenvalue weighted by molar-refractivity contribution is -0.384. The molecule has 0 bridgehead atoms. The second-order valence-electron chi connectivity index (χ2n) is 4.87. The molecule has 0 aliphatic carbocycles.